The van der Waals surface area contributed by atoms with Gasteiger partial charge in [-0.2, -0.15) is 0 Å². The molecule has 0 radical (unpaired) electrons. The van der Waals surface area contributed by atoms with Gasteiger partial charge in [0.15, 0.2) is 0 Å². The smallest absolute Gasteiger partial charge is 0.330 e. The first-order valence-corrected chi connectivity index (χ1v) is 11.8. The van der Waals surface area contributed by atoms with Crippen molar-refractivity contribution < 1.29 is 19.7 Å². The summed E-state index contributed by atoms with van der Waals surface area (Å²) in [6, 6.07) is 0. The third-order valence-electron chi connectivity index (χ3n) is 6.19. The molecule has 9 heteroatoms. The van der Waals surface area contributed by atoms with Gasteiger partial charge in [-0.15, -0.1) is 0 Å². The first-order valence-electron chi connectivity index (χ1n) is 11.8. The molecule has 0 saturated carbocycles. The Balaban J connectivity index is 1.33. The van der Waals surface area contributed by atoms with Crippen LogP contribution in [-0.2, 0) is 15.9 Å². The Hall–Kier alpha value is -1.78. The average Bonchev–Trinajstić information content (AvgIpc) is 3.17. The van der Waals surface area contributed by atoms with Crippen molar-refractivity contribution in [1.82, 2.24) is 14.5 Å². The Morgan fingerprint density at radius 2 is 1.84 bits per heavy atom. The van der Waals surface area contributed by atoms with E-state index in [4.69, 9.17) is 9.47 Å². The van der Waals surface area contributed by atoms with Gasteiger partial charge in [0, 0.05) is 37.8 Å². The minimum Gasteiger partial charge on any atom is -0.394 e. The quantitative estimate of drug-likeness (QED) is 0.320. The normalized spacial score (nSPS) is 24.5. The van der Waals surface area contributed by atoms with Gasteiger partial charge in [-0.3, -0.25) is 19.2 Å². The second-order valence-corrected chi connectivity index (χ2v) is 8.63. The van der Waals surface area contributed by atoms with E-state index >= 15 is 0 Å². The van der Waals surface area contributed by atoms with Crippen LogP contribution >= 0.6 is 0 Å². The largest absolute Gasteiger partial charge is 0.394 e. The Morgan fingerprint density at radius 3 is 2.59 bits per heavy atom. The van der Waals surface area contributed by atoms with Crippen molar-refractivity contribution in [3.8, 4) is 0 Å². The lowest BCUT2D eigenvalue weighted by molar-refractivity contribution is -0.0460. The molecule has 1 aromatic rings. The van der Waals surface area contributed by atoms with E-state index in [0.29, 0.717) is 12.0 Å². The predicted molar refractivity (Wildman–Crippen MR) is 121 cm³/mol. The van der Waals surface area contributed by atoms with E-state index in [2.05, 4.69) is 22.0 Å². The molecule has 3 N–H and O–H groups in total. The molecule has 2 saturated heterocycles. The van der Waals surface area contributed by atoms with Crippen LogP contribution in [0.3, 0.4) is 0 Å². The number of unbranched alkanes of at least 4 members (excludes halogenated alkanes) is 5. The maximum atomic E-state index is 12.2. The highest BCUT2D eigenvalue weighted by molar-refractivity contribution is 5.05. The van der Waals surface area contributed by atoms with Crippen molar-refractivity contribution in [2.75, 3.05) is 39.5 Å². The number of aliphatic hydroxyl groups is 2. The SMILES string of the molecule is O=c1[nH]c(=O)n([C@H]2C[C@H](O)[C@@H](CO)O2)cc1CCCCCCC/C=C/CN1CCOCC1. The van der Waals surface area contributed by atoms with Gasteiger partial charge in [-0.25, -0.2) is 4.79 Å². The number of morpholine rings is 1. The highest BCUT2D eigenvalue weighted by atomic mass is 16.5. The van der Waals surface area contributed by atoms with E-state index < -0.39 is 24.1 Å². The molecule has 2 fully saturated rings. The van der Waals surface area contributed by atoms with E-state index in [-0.39, 0.29) is 18.6 Å². The summed E-state index contributed by atoms with van der Waals surface area (Å²) < 4.78 is 12.2. The fraction of sp³-hybridized carbons (Fsp3) is 0.739. The minimum atomic E-state index is -0.832. The molecule has 3 rings (SSSR count). The number of hydrogen-bond acceptors (Lipinski definition) is 7. The minimum absolute atomic E-state index is 0.206. The van der Waals surface area contributed by atoms with E-state index in [9.17, 15) is 19.8 Å². The van der Waals surface area contributed by atoms with Crippen molar-refractivity contribution >= 4 is 0 Å². The maximum absolute atomic E-state index is 12.2. The van der Waals surface area contributed by atoms with Gasteiger partial charge in [-0.1, -0.05) is 31.4 Å². The Labute approximate surface area is 188 Å². The number of nitrogens with one attached hydrogen (secondary N) is 1. The van der Waals surface area contributed by atoms with Gasteiger partial charge < -0.3 is 19.7 Å². The number of nitrogens with zero attached hydrogens (tertiary/aromatic N) is 2. The number of aromatic nitrogens is 2. The summed E-state index contributed by atoms with van der Waals surface area (Å²) in [4.78, 5) is 29.1. The van der Waals surface area contributed by atoms with Crippen LogP contribution in [0.4, 0.5) is 0 Å². The van der Waals surface area contributed by atoms with Crippen molar-refractivity contribution in [1.29, 1.82) is 0 Å². The zero-order chi connectivity index (χ0) is 22.8. The fourth-order valence-electron chi connectivity index (χ4n) is 4.20. The predicted octanol–water partition coefficient (Wildman–Crippen LogP) is 0.949. The molecule has 2 aliphatic heterocycles. The molecule has 0 aliphatic carbocycles. The number of H-pyrrole nitrogens is 1. The molecule has 180 valence electrons. The number of rotatable bonds is 12. The summed E-state index contributed by atoms with van der Waals surface area (Å²) in [6.45, 7) is 4.40. The van der Waals surface area contributed by atoms with Gasteiger partial charge in [0.2, 0.25) is 0 Å². The van der Waals surface area contributed by atoms with Crippen LogP contribution in [0.5, 0.6) is 0 Å². The molecule has 0 amide bonds. The number of aryl methyl sites for hydroxylation is 1. The summed E-state index contributed by atoms with van der Waals surface area (Å²) in [5.41, 5.74) is -0.383. The summed E-state index contributed by atoms with van der Waals surface area (Å²) in [5.74, 6) is 0. The zero-order valence-electron chi connectivity index (χ0n) is 18.8. The molecule has 1 aromatic heterocycles. The monoisotopic (exact) mass is 451 g/mol. The molecule has 2 aliphatic rings. The first kappa shape index (κ1) is 24.9. The molecular weight excluding hydrogens is 414 g/mol. The Morgan fingerprint density at radius 1 is 1.09 bits per heavy atom. The van der Waals surface area contributed by atoms with Crippen molar-refractivity contribution in [3.05, 3.63) is 44.8 Å². The van der Waals surface area contributed by atoms with Crippen molar-refractivity contribution in [2.45, 2.75) is 69.8 Å². The van der Waals surface area contributed by atoms with Crippen molar-refractivity contribution in [2.24, 2.45) is 0 Å². The zero-order valence-corrected chi connectivity index (χ0v) is 18.8. The molecule has 3 heterocycles. The summed E-state index contributed by atoms with van der Waals surface area (Å²) in [7, 11) is 0. The number of allylic oxidation sites excluding steroid dienone is 1. The van der Waals surface area contributed by atoms with Crippen LogP contribution < -0.4 is 11.2 Å². The van der Waals surface area contributed by atoms with E-state index in [1.54, 1.807) is 0 Å². The Kier molecular flexibility index (Phi) is 10.1. The number of ether oxygens (including phenoxy) is 2. The molecule has 0 unspecified atom stereocenters. The molecule has 0 bridgehead atoms. The van der Waals surface area contributed by atoms with Gasteiger partial charge in [0.05, 0.1) is 25.9 Å². The number of hydrogen-bond donors (Lipinski definition) is 3. The maximum Gasteiger partial charge on any atom is 0.330 e. The van der Waals surface area contributed by atoms with Crippen LogP contribution in [0, 0.1) is 0 Å². The van der Waals surface area contributed by atoms with Gasteiger partial charge in [0.1, 0.15) is 12.3 Å². The molecule has 3 atom stereocenters. The van der Waals surface area contributed by atoms with Crippen LogP contribution in [0.2, 0.25) is 0 Å². The van der Waals surface area contributed by atoms with Gasteiger partial charge in [0.25, 0.3) is 5.56 Å². The summed E-state index contributed by atoms with van der Waals surface area (Å²) in [5, 5.41) is 19.1. The van der Waals surface area contributed by atoms with Crippen molar-refractivity contribution in [3.63, 3.8) is 0 Å². The second kappa shape index (κ2) is 13.1. The van der Waals surface area contributed by atoms with Crippen LogP contribution in [-0.4, -0.2) is 76.3 Å². The standard InChI is InChI=1S/C23H37N3O6/c27-17-20-19(28)15-21(32-20)26-16-18(22(29)24-23(26)30)9-7-5-3-1-2-4-6-8-10-25-11-13-31-14-12-25/h6,8,16,19-21,27-28H,1-5,7,9-15,17H2,(H,24,29,30)/b8-6+/t19-,20+,21+/m0/s1. The van der Waals surface area contributed by atoms with E-state index in [1.165, 1.54) is 17.2 Å². The highest BCUT2D eigenvalue weighted by Gasteiger charge is 2.35. The fourth-order valence-corrected chi connectivity index (χ4v) is 4.20. The topological polar surface area (TPSA) is 117 Å². The summed E-state index contributed by atoms with van der Waals surface area (Å²) >= 11 is 0. The van der Waals surface area contributed by atoms with Crippen LogP contribution in [0.1, 0.15) is 56.7 Å². The third kappa shape index (κ3) is 7.38. The van der Waals surface area contributed by atoms with Crippen LogP contribution in [0.25, 0.3) is 0 Å². The second-order valence-electron chi connectivity index (χ2n) is 8.63. The molecule has 9 nitrogen and oxygen atoms in total. The molecule has 0 aromatic carbocycles. The first-order chi connectivity index (χ1) is 15.6. The lowest BCUT2D eigenvalue weighted by Gasteiger charge is -2.25. The molecule has 0 spiro atoms. The van der Waals surface area contributed by atoms with Gasteiger partial charge in [-0.05, 0) is 25.7 Å². The average molecular weight is 452 g/mol. The van der Waals surface area contributed by atoms with Gasteiger partial charge >= 0.3 is 5.69 Å². The Bertz CT molecular complexity index is 830. The van der Waals surface area contributed by atoms with E-state index in [1.807, 2.05) is 0 Å². The van der Waals surface area contributed by atoms with Crippen LogP contribution in [0.15, 0.2) is 27.9 Å². The lowest BCUT2D eigenvalue weighted by atomic mass is 10.1. The van der Waals surface area contributed by atoms with E-state index in [0.717, 1.165) is 65.0 Å². The molecular formula is C23H37N3O6. The lowest BCUT2D eigenvalue weighted by Crippen LogP contribution is -2.36. The number of aromatic amines is 1. The third-order valence-corrected chi connectivity index (χ3v) is 6.19. The molecule has 32 heavy (non-hydrogen) atoms. The number of aliphatic hydroxyl groups excluding tert-OH is 2. The summed E-state index contributed by atoms with van der Waals surface area (Å²) in [6.07, 6.45) is 11.1. The highest BCUT2D eigenvalue weighted by Crippen LogP contribution is 2.27.